The monoisotopic (exact) mass is 423 g/mol. The van der Waals surface area contributed by atoms with E-state index in [-0.39, 0.29) is 17.5 Å². The minimum absolute atomic E-state index is 0.0399. The van der Waals surface area contributed by atoms with Gasteiger partial charge in [-0.25, -0.2) is 13.2 Å². The van der Waals surface area contributed by atoms with Gasteiger partial charge in [-0.1, -0.05) is 30.7 Å². The highest BCUT2D eigenvalue weighted by atomic mass is 35.5. The van der Waals surface area contributed by atoms with Crippen LogP contribution in [0.4, 0.5) is 10.5 Å². The number of halogens is 1. The summed E-state index contributed by atoms with van der Waals surface area (Å²) >= 11 is 5.89. The Morgan fingerprint density at radius 2 is 1.64 bits per heavy atom. The molecule has 0 saturated heterocycles. The minimum Gasteiger partial charge on any atom is -0.378 e. The molecule has 28 heavy (non-hydrogen) atoms. The SMILES string of the molecule is CCCNC(=O)NC[C@H](c1ccc(N(C)C)cc1)S(=O)(=O)c1ccc(Cl)cc1. The van der Waals surface area contributed by atoms with Gasteiger partial charge in [0.15, 0.2) is 9.84 Å². The Labute approximate surface area is 171 Å². The molecule has 2 aromatic carbocycles. The highest BCUT2D eigenvalue weighted by Crippen LogP contribution is 2.30. The molecule has 2 amide bonds. The van der Waals surface area contributed by atoms with E-state index in [1.807, 2.05) is 38.1 Å². The van der Waals surface area contributed by atoms with Crippen molar-refractivity contribution in [2.45, 2.75) is 23.5 Å². The summed E-state index contributed by atoms with van der Waals surface area (Å²) in [6.07, 6.45) is 0.798. The summed E-state index contributed by atoms with van der Waals surface area (Å²) in [5, 5.41) is 4.91. The average Bonchev–Trinajstić information content (AvgIpc) is 2.67. The smallest absolute Gasteiger partial charge is 0.314 e. The van der Waals surface area contributed by atoms with Crippen molar-refractivity contribution in [2.75, 3.05) is 32.1 Å². The summed E-state index contributed by atoms with van der Waals surface area (Å²) in [6, 6.07) is 12.9. The second-order valence-electron chi connectivity index (χ2n) is 6.61. The third-order valence-electron chi connectivity index (χ3n) is 4.28. The van der Waals surface area contributed by atoms with Gasteiger partial charge in [0, 0.05) is 37.9 Å². The molecule has 0 aliphatic heterocycles. The van der Waals surface area contributed by atoms with Gasteiger partial charge < -0.3 is 15.5 Å². The van der Waals surface area contributed by atoms with Crippen molar-refractivity contribution in [1.29, 1.82) is 0 Å². The van der Waals surface area contributed by atoms with Crippen molar-refractivity contribution in [1.82, 2.24) is 10.6 Å². The molecule has 2 rings (SSSR count). The van der Waals surface area contributed by atoms with Gasteiger partial charge in [-0.3, -0.25) is 0 Å². The Hall–Kier alpha value is -2.25. The van der Waals surface area contributed by atoms with Crippen LogP contribution in [0, 0.1) is 0 Å². The normalized spacial score (nSPS) is 12.3. The number of carbonyl (C=O) groups is 1. The molecular formula is C20H26ClN3O3S. The Bertz CT molecular complexity index is 882. The van der Waals surface area contributed by atoms with Gasteiger partial charge in [0.05, 0.1) is 4.90 Å². The Morgan fingerprint density at radius 1 is 1.04 bits per heavy atom. The fourth-order valence-corrected chi connectivity index (χ4v) is 4.46. The molecule has 6 nitrogen and oxygen atoms in total. The second kappa shape index (κ2) is 9.80. The van der Waals surface area contributed by atoms with Crippen LogP contribution < -0.4 is 15.5 Å². The third-order valence-corrected chi connectivity index (χ3v) is 6.65. The van der Waals surface area contributed by atoms with Crippen molar-refractivity contribution < 1.29 is 13.2 Å². The van der Waals surface area contributed by atoms with Crippen LogP contribution in [-0.2, 0) is 9.84 Å². The number of hydrogen-bond acceptors (Lipinski definition) is 4. The maximum atomic E-state index is 13.3. The first-order chi connectivity index (χ1) is 13.3. The van der Waals surface area contributed by atoms with Gasteiger partial charge >= 0.3 is 6.03 Å². The van der Waals surface area contributed by atoms with Crippen molar-refractivity contribution in [3.63, 3.8) is 0 Å². The van der Waals surface area contributed by atoms with Crippen LogP contribution in [-0.4, -0.2) is 41.6 Å². The zero-order valence-electron chi connectivity index (χ0n) is 16.3. The van der Waals surface area contributed by atoms with Crippen molar-refractivity contribution in [3.8, 4) is 0 Å². The molecule has 0 aromatic heterocycles. The van der Waals surface area contributed by atoms with Crippen LogP contribution in [0.5, 0.6) is 0 Å². The molecule has 0 bridgehead atoms. The van der Waals surface area contributed by atoms with Crippen molar-refractivity contribution >= 4 is 33.2 Å². The summed E-state index contributed by atoms with van der Waals surface area (Å²) in [5.74, 6) is 0. The van der Waals surface area contributed by atoms with E-state index < -0.39 is 15.1 Å². The van der Waals surface area contributed by atoms with Crippen LogP contribution in [0.3, 0.4) is 0 Å². The molecule has 1 atom stereocenters. The summed E-state index contributed by atoms with van der Waals surface area (Å²) in [7, 11) is 0.0916. The first kappa shape index (κ1) is 22.0. The van der Waals surface area contributed by atoms with E-state index in [0.29, 0.717) is 17.1 Å². The second-order valence-corrected chi connectivity index (χ2v) is 9.18. The number of hydrogen-bond donors (Lipinski definition) is 2. The molecular weight excluding hydrogens is 398 g/mol. The maximum absolute atomic E-state index is 13.3. The van der Waals surface area contributed by atoms with Gasteiger partial charge in [0.2, 0.25) is 0 Å². The Morgan fingerprint density at radius 3 is 2.18 bits per heavy atom. The zero-order chi connectivity index (χ0) is 20.7. The van der Waals surface area contributed by atoms with Crippen LogP contribution in [0.25, 0.3) is 0 Å². The number of benzene rings is 2. The summed E-state index contributed by atoms with van der Waals surface area (Å²) in [6.45, 7) is 2.43. The number of amides is 2. The van der Waals surface area contributed by atoms with Gasteiger partial charge in [0.1, 0.15) is 5.25 Å². The van der Waals surface area contributed by atoms with E-state index in [1.165, 1.54) is 12.1 Å². The predicted octanol–water partition coefficient (Wildman–Crippen LogP) is 3.63. The first-order valence-corrected chi connectivity index (χ1v) is 11.0. The van der Waals surface area contributed by atoms with Crippen LogP contribution in [0.2, 0.25) is 5.02 Å². The lowest BCUT2D eigenvalue weighted by molar-refractivity contribution is 0.241. The van der Waals surface area contributed by atoms with E-state index in [0.717, 1.165) is 12.1 Å². The lowest BCUT2D eigenvalue weighted by Crippen LogP contribution is -2.39. The first-order valence-electron chi connectivity index (χ1n) is 9.04. The highest BCUT2D eigenvalue weighted by Gasteiger charge is 2.29. The lowest BCUT2D eigenvalue weighted by Gasteiger charge is -2.20. The minimum atomic E-state index is -3.73. The number of nitrogens with one attached hydrogen (secondary N) is 2. The molecule has 0 radical (unpaired) electrons. The fourth-order valence-electron chi connectivity index (χ4n) is 2.67. The van der Waals surface area contributed by atoms with Crippen LogP contribution in [0.1, 0.15) is 24.2 Å². The van der Waals surface area contributed by atoms with Crippen LogP contribution in [0.15, 0.2) is 53.4 Å². The standard InChI is InChI=1S/C20H26ClN3O3S/c1-4-13-22-20(25)23-14-19(15-5-9-17(10-6-15)24(2)3)28(26,27)18-11-7-16(21)8-12-18/h5-12,19H,4,13-14H2,1-3H3,(H2,22,23,25)/t19-/m1/s1. The molecule has 0 aliphatic carbocycles. The number of urea groups is 1. The fraction of sp³-hybridized carbons (Fsp3) is 0.350. The predicted molar refractivity (Wildman–Crippen MR) is 114 cm³/mol. The molecule has 2 aromatic rings. The molecule has 0 unspecified atom stereocenters. The van der Waals surface area contributed by atoms with Gasteiger partial charge in [-0.2, -0.15) is 0 Å². The number of sulfone groups is 1. The zero-order valence-corrected chi connectivity index (χ0v) is 17.8. The molecule has 0 fully saturated rings. The topological polar surface area (TPSA) is 78.5 Å². The molecule has 0 aliphatic rings. The van der Waals surface area contributed by atoms with Gasteiger partial charge in [-0.05, 0) is 48.4 Å². The van der Waals surface area contributed by atoms with E-state index >= 15 is 0 Å². The number of carbonyl (C=O) groups excluding carboxylic acids is 1. The summed E-state index contributed by atoms with van der Waals surface area (Å²) in [4.78, 5) is 14.0. The molecule has 152 valence electrons. The van der Waals surface area contributed by atoms with Gasteiger partial charge in [-0.15, -0.1) is 0 Å². The maximum Gasteiger partial charge on any atom is 0.314 e. The van der Waals surface area contributed by atoms with E-state index in [1.54, 1.807) is 24.3 Å². The van der Waals surface area contributed by atoms with E-state index in [2.05, 4.69) is 10.6 Å². The molecule has 0 heterocycles. The summed E-state index contributed by atoms with van der Waals surface area (Å²) < 4.78 is 26.5. The molecule has 2 N–H and O–H groups in total. The Kier molecular flexibility index (Phi) is 7.71. The third kappa shape index (κ3) is 5.62. The number of nitrogens with zero attached hydrogens (tertiary/aromatic N) is 1. The van der Waals surface area contributed by atoms with Crippen LogP contribution >= 0.6 is 11.6 Å². The molecule has 0 saturated carbocycles. The van der Waals surface area contributed by atoms with Crippen molar-refractivity contribution in [3.05, 3.63) is 59.1 Å². The van der Waals surface area contributed by atoms with E-state index in [4.69, 9.17) is 11.6 Å². The average molecular weight is 424 g/mol. The van der Waals surface area contributed by atoms with Crippen molar-refractivity contribution in [2.24, 2.45) is 0 Å². The molecule has 0 spiro atoms. The van der Waals surface area contributed by atoms with E-state index in [9.17, 15) is 13.2 Å². The lowest BCUT2D eigenvalue weighted by atomic mass is 10.1. The van der Waals surface area contributed by atoms with Gasteiger partial charge in [0.25, 0.3) is 0 Å². The number of rotatable bonds is 8. The highest BCUT2D eigenvalue weighted by molar-refractivity contribution is 7.91. The summed E-state index contributed by atoms with van der Waals surface area (Å²) in [5.41, 5.74) is 1.57. The number of anilines is 1. The molecule has 8 heteroatoms. The Balaban J connectivity index is 2.34. The largest absolute Gasteiger partial charge is 0.378 e. The quantitative estimate of drug-likeness (QED) is 0.679.